The zero-order chi connectivity index (χ0) is 15.1. The first kappa shape index (κ1) is 17.0. The number of nitrogens with two attached hydrogens (primary N) is 1. The minimum Gasteiger partial charge on any atom is -0.329 e. The molecule has 114 valence electrons. The fraction of sp³-hybridized carbons (Fsp3) is 0.600. The maximum atomic E-state index is 12.5. The van der Waals surface area contributed by atoms with Crippen LogP contribution in [0.2, 0.25) is 0 Å². The highest BCUT2D eigenvalue weighted by Crippen LogP contribution is 2.23. The van der Waals surface area contributed by atoms with E-state index in [1.807, 2.05) is 21.1 Å². The van der Waals surface area contributed by atoms with Crippen LogP contribution in [0.25, 0.3) is 0 Å². The fourth-order valence-corrected chi connectivity index (χ4v) is 2.23. The van der Waals surface area contributed by atoms with E-state index in [1.165, 1.54) is 12.1 Å². The normalized spacial score (nSPS) is 13.4. The molecule has 2 N–H and O–H groups in total. The molecule has 1 aromatic carbocycles. The largest absolute Gasteiger partial charge is 0.329 e. The van der Waals surface area contributed by atoms with Crippen LogP contribution in [-0.4, -0.2) is 50.6 Å². The van der Waals surface area contributed by atoms with Gasteiger partial charge in [0, 0.05) is 18.2 Å². The van der Waals surface area contributed by atoms with Crippen molar-refractivity contribution in [2.24, 2.45) is 5.73 Å². The van der Waals surface area contributed by atoms with E-state index >= 15 is 0 Å². The third-order valence-corrected chi connectivity index (χ3v) is 3.44. The molecule has 0 aromatic heterocycles. The van der Waals surface area contributed by atoms with Crippen LogP contribution in [-0.2, 0) is 0 Å². The van der Waals surface area contributed by atoms with Gasteiger partial charge in [0.2, 0.25) is 0 Å². The van der Waals surface area contributed by atoms with Crippen molar-refractivity contribution in [3.8, 4) is 0 Å². The van der Waals surface area contributed by atoms with Gasteiger partial charge in [0.1, 0.15) is 0 Å². The number of hydrogen-bond donors (Lipinski definition) is 1. The molecule has 0 saturated heterocycles. The molecule has 1 unspecified atom stereocenters. The maximum absolute atomic E-state index is 12.5. The van der Waals surface area contributed by atoms with Crippen LogP contribution in [0.5, 0.6) is 0 Å². The van der Waals surface area contributed by atoms with Gasteiger partial charge in [0.05, 0.1) is 0 Å². The molecule has 0 aliphatic rings. The van der Waals surface area contributed by atoms with Gasteiger partial charge in [-0.1, -0.05) is 24.3 Å². The Bertz CT molecular complexity index is 379. The molecule has 20 heavy (non-hydrogen) atoms. The highest BCUT2D eigenvalue weighted by molar-refractivity contribution is 5.26. The summed E-state index contributed by atoms with van der Waals surface area (Å²) in [7, 11) is 6.11. The summed E-state index contributed by atoms with van der Waals surface area (Å²) in [6.45, 7) is 2.43. The first-order valence-corrected chi connectivity index (χ1v) is 6.88. The van der Waals surface area contributed by atoms with Gasteiger partial charge in [-0.15, -0.1) is 0 Å². The maximum Gasteiger partial charge on any atom is 0.263 e. The van der Waals surface area contributed by atoms with Crippen LogP contribution >= 0.6 is 0 Å². The molecule has 0 spiro atoms. The Morgan fingerprint density at radius 1 is 1.00 bits per heavy atom. The van der Waals surface area contributed by atoms with Gasteiger partial charge in [-0.3, -0.25) is 4.90 Å². The van der Waals surface area contributed by atoms with Gasteiger partial charge in [-0.05, 0) is 46.2 Å². The number of rotatable bonds is 8. The summed E-state index contributed by atoms with van der Waals surface area (Å²) >= 11 is 0. The highest BCUT2D eigenvalue weighted by Gasteiger charge is 2.16. The average Bonchev–Trinajstić information content (AvgIpc) is 2.39. The second-order valence-corrected chi connectivity index (χ2v) is 5.36. The van der Waals surface area contributed by atoms with Crippen molar-refractivity contribution in [1.82, 2.24) is 9.80 Å². The monoisotopic (exact) mass is 285 g/mol. The predicted octanol–water partition coefficient (Wildman–Crippen LogP) is 2.51. The summed E-state index contributed by atoms with van der Waals surface area (Å²) < 4.78 is 25.1. The summed E-state index contributed by atoms with van der Waals surface area (Å²) in [6, 6.07) is 6.54. The van der Waals surface area contributed by atoms with Crippen molar-refractivity contribution >= 4 is 0 Å². The standard InChI is InChI=1S/C15H25F2N3/c1-19(2)9-4-10-20(3)14(11-18)12-5-7-13(8-6-12)15(16)17/h5-8,14-15H,4,9-11,18H2,1-3H3. The summed E-state index contributed by atoms with van der Waals surface area (Å²) in [5.74, 6) is 0. The topological polar surface area (TPSA) is 32.5 Å². The molecule has 0 fully saturated rings. The first-order chi connectivity index (χ1) is 9.45. The van der Waals surface area contributed by atoms with E-state index in [4.69, 9.17) is 5.73 Å². The van der Waals surface area contributed by atoms with Crippen LogP contribution < -0.4 is 5.73 Å². The molecule has 0 saturated carbocycles. The van der Waals surface area contributed by atoms with Gasteiger partial charge < -0.3 is 10.6 Å². The second-order valence-electron chi connectivity index (χ2n) is 5.36. The van der Waals surface area contributed by atoms with Gasteiger partial charge in [-0.2, -0.15) is 0 Å². The van der Waals surface area contributed by atoms with E-state index < -0.39 is 6.43 Å². The van der Waals surface area contributed by atoms with E-state index in [-0.39, 0.29) is 11.6 Å². The average molecular weight is 285 g/mol. The van der Waals surface area contributed by atoms with Crippen LogP contribution in [0.15, 0.2) is 24.3 Å². The van der Waals surface area contributed by atoms with Gasteiger partial charge in [0.15, 0.2) is 0 Å². The molecule has 0 bridgehead atoms. The number of nitrogens with zero attached hydrogens (tertiary/aromatic N) is 2. The third-order valence-electron chi connectivity index (χ3n) is 3.44. The lowest BCUT2D eigenvalue weighted by molar-refractivity contribution is 0.151. The number of alkyl halides is 2. The second kappa shape index (κ2) is 8.29. The van der Waals surface area contributed by atoms with Crippen LogP contribution in [0.4, 0.5) is 8.78 Å². The number of halogens is 2. The summed E-state index contributed by atoms with van der Waals surface area (Å²) in [5, 5.41) is 0. The molecule has 1 atom stereocenters. The first-order valence-electron chi connectivity index (χ1n) is 6.88. The lowest BCUT2D eigenvalue weighted by Crippen LogP contribution is -2.32. The Morgan fingerprint density at radius 2 is 1.55 bits per heavy atom. The van der Waals surface area contributed by atoms with Crippen molar-refractivity contribution in [1.29, 1.82) is 0 Å². The molecule has 1 rings (SSSR count). The van der Waals surface area contributed by atoms with Gasteiger partial charge in [0.25, 0.3) is 6.43 Å². The Hall–Kier alpha value is -1.04. The number of benzene rings is 1. The molecular weight excluding hydrogens is 260 g/mol. The molecule has 0 radical (unpaired) electrons. The Balaban J connectivity index is 2.64. The molecule has 0 aliphatic carbocycles. The van der Waals surface area contributed by atoms with Crippen molar-refractivity contribution in [2.75, 3.05) is 40.8 Å². The van der Waals surface area contributed by atoms with E-state index in [1.54, 1.807) is 12.1 Å². The molecule has 0 amide bonds. The number of hydrogen-bond acceptors (Lipinski definition) is 3. The minimum atomic E-state index is -2.42. The lowest BCUT2D eigenvalue weighted by atomic mass is 10.0. The lowest BCUT2D eigenvalue weighted by Gasteiger charge is -2.28. The number of likely N-dealkylation sites (N-methyl/N-ethyl adjacent to an activating group) is 1. The smallest absolute Gasteiger partial charge is 0.263 e. The third kappa shape index (κ3) is 5.15. The van der Waals surface area contributed by atoms with Crippen LogP contribution in [0, 0.1) is 0 Å². The molecule has 1 aromatic rings. The molecule has 0 heterocycles. The summed E-state index contributed by atoms with van der Waals surface area (Å²) in [6.07, 6.45) is -1.37. The van der Waals surface area contributed by atoms with Gasteiger partial charge in [-0.25, -0.2) is 8.78 Å². The van der Waals surface area contributed by atoms with Gasteiger partial charge >= 0.3 is 0 Å². The van der Waals surface area contributed by atoms with E-state index in [9.17, 15) is 8.78 Å². The molecule has 0 aliphatic heterocycles. The Labute approximate surface area is 120 Å². The van der Waals surface area contributed by atoms with Crippen LogP contribution in [0.3, 0.4) is 0 Å². The Morgan fingerprint density at radius 3 is 2.00 bits per heavy atom. The molecule has 5 heteroatoms. The van der Waals surface area contributed by atoms with E-state index in [0.717, 1.165) is 25.1 Å². The van der Waals surface area contributed by atoms with Crippen molar-refractivity contribution < 1.29 is 8.78 Å². The summed E-state index contributed by atoms with van der Waals surface area (Å²) in [4.78, 5) is 4.32. The van der Waals surface area contributed by atoms with E-state index in [0.29, 0.717) is 6.54 Å². The molecule has 3 nitrogen and oxygen atoms in total. The Kier molecular flexibility index (Phi) is 7.05. The highest BCUT2D eigenvalue weighted by atomic mass is 19.3. The van der Waals surface area contributed by atoms with Crippen molar-refractivity contribution in [3.05, 3.63) is 35.4 Å². The summed E-state index contributed by atoms with van der Waals surface area (Å²) in [5.41, 5.74) is 6.88. The minimum absolute atomic E-state index is 0.0554. The fourth-order valence-electron chi connectivity index (χ4n) is 2.23. The SMILES string of the molecule is CN(C)CCCN(C)C(CN)c1ccc(C(F)F)cc1. The van der Waals surface area contributed by atoms with Crippen molar-refractivity contribution in [2.45, 2.75) is 18.9 Å². The zero-order valence-electron chi connectivity index (χ0n) is 12.5. The zero-order valence-corrected chi connectivity index (χ0v) is 12.5. The molecular formula is C15H25F2N3. The quantitative estimate of drug-likeness (QED) is 0.796. The van der Waals surface area contributed by atoms with Crippen molar-refractivity contribution in [3.63, 3.8) is 0 Å². The van der Waals surface area contributed by atoms with Crippen LogP contribution in [0.1, 0.15) is 30.0 Å². The van der Waals surface area contributed by atoms with E-state index in [2.05, 4.69) is 9.80 Å². The predicted molar refractivity (Wildman–Crippen MR) is 79.0 cm³/mol.